The van der Waals surface area contributed by atoms with Gasteiger partial charge < -0.3 is 25.6 Å². The molecule has 3 aromatic heterocycles. The highest BCUT2D eigenvalue weighted by molar-refractivity contribution is 5.96. The molecule has 5 aromatic rings. The number of primary amides is 1. The van der Waals surface area contributed by atoms with Crippen LogP contribution in [0.4, 0.5) is 5.69 Å². The summed E-state index contributed by atoms with van der Waals surface area (Å²) in [6.45, 7) is 11.3. The smallest absolute Gasteiger partial charge is 0.273 e. The van der Waals surface area contributed by atoms with Gasteiger partial charge in [-0.1, -0.05) is 49.4 Å². The fraction of sp³-hybridized carbons (Fsp3) is 0.432. The van der Waals surface area contributed by atoms with Crippen LogP contribution in [0.3, 0.4) is 0 Å². The van der Waals surface area contributed by atoms with E-state index in [1.165, 1.54) is 35.6 Å². The summed E-state index contributed by atoms with van der Waals surface area (Å²) in [5.74, 6) is -0.279. The van der Waals surface area contributed by atoms with E-state index in [2.05, 4.69) is 90.6 Å². The third-order valence-electron chi connectivity index (χ3n) is 11.3. The van der Waals surface area contributed by atoms with Crippen LogP contribution in [-0.2, 0) is 37.2 Å². The van der Waals surface area contributed by atoms with Gasteiger partial charge >= 0.3 is 0 Å². The molecule has 11 nitrogen and oxygen atoms in total. The van der Waals surface area contributed by atoms with Crippen molar-refractivity contribution in [3.63, 3.8) is 0 Å². The van der Waals surface area contributed by atoms with Gasteiger partial charge in [-0.05, 0) is 124 Å². The molecule has 3 N–H and O–H groups in total. The summed E-state index contributed by atoms with van der Waals surface area (Å²) in [5, 5.41) is 9.47. The fourth-order valence-electron chi connectivity index (χ4n) is 8.09. The lowest BCUT2D eigenvalue weighted by atomic mass is 9.89. The number of pyridine rings is 2. The molecule has 11 heteroatoms. The summed E-state index contributed by atoms with van der Waals surface area (Å²) in [6, 6.07) is 20.4. The Hall–Kier alpha value is -5.13. The zero-order valence-corrected chi connectivity index (χ0v) is 32.7. The zero-order valence-electron chi connectivity index (χ0n) is 32.7. The standard InChI is InChI=1S/C44H54N8O3/c1-5-38-37(41(47-34-17-21-55-22-18-34)36-26-46-52(6-2)43(36)49-38)28-51(44(54)40-12-8-11-39(48-40)42(45)53)27-32-14-13-29(3)35(25-32)33-10-7-9-31(24-33)23-30-15-19-50(4)20-16-30/h7-14,24-26,30,34H,5-6,15-23,27-28H2,1-4H3,(H2,45,53)(H,47,49). The molecule has 0 saturated carbocycles. The largest absolute Gasteiger partial charge is 0.381 e. The Morgan fingerprint density at radius 1 is 0.927 bits per heavy atom. The first-order chi connectivity index (χ1) is 26.7. The number of hydrogen-bond acceptors (Lipinski definition) is 8. The number of ether oxygens (including phenoxy) is 1. The van der Waals surface area contributed by atoms with Crippen molar-refractivity contribution in [2.75, 3.05) is 38.7 Å². The molecular weight excluding hydrogens is 689 g/mol. The van der Waals surface area contributed by atoms with Crippen LogP contribution < -0.4 is 11.1 Å². The lowest BCUT2D eigenvalue weighted by Crippen LogP contribution is -2.33. The van der Waals surface area contributed by atoms with Crippen LogP contribution in [0.5, 0.6) is 0 Å². The Kier molecular flexibility index (Phi) is 11.9. The molecule has 0 spiro atoms. The van der Waals surface area contributed by atoms with Gasteiger partial charge in [0.25, 0.3) is 11.8 Å². The molecule has 2 saturated heterocycles. The topological polar surface area (TPSA) is 132 Å². The minimum Gasteiger partial charge on any atom is -0.381 e. The van der Waals surface area contributed by atoms with Gasteiger partial charge in [0.05, 0.1) is 23.8 Å². The van der Waals surface area contributed by atoms with E-state index >= 15 is 0 Å². The average molecular weight is 743 g/mol. The maximum atomic E-state index is 14.7. The number of amides is 2. The van der Waals surface area contributed by atoms with E-state index in [1.807, 2.05) is 15.8 Å². The number of nitrogens with two attached hydrogens (primary N) is 1. The van der Waals surface area contributed by atoms with Crippen LogP contribution in [0.2, 0.25) is 0 Å². The summed E-state index contributed by atoms with van der Waals surface area (Å²) in [4.78, 5) is 40.6. The summed E-state index contributed by atoms with van der Waals surface area (Å²) in [6.07, 6.45) is 7.85. The van der Waals surface area contributed by atoms with Gasteiger partial charge in [0, 0.05) is 43.6 Å². The van der Waals surface area contributed by atoms with Crippen LogP contribution in [0.15, 0.2) is 66.9 Å². The van der Waals surface area contributed by atoms with Crippen LogP contribution >= 0.6 is 0 Å². The number of nitrogens with zero attached hydrogens (tertiary/aromatic N) is 6. The fourth-order valence-corrected chi connectivity index (χ4v) is 8.09. The van der Waals surface area contributed by atoms with E-state index < -0.39 is 5.91 Å². The highest BCUT2D eigenvalue weighted by Crippen LogP contribution is 2.34. The van der Waals surface area contributed by atoms with Crippen molar-refractivity contribution < 1.29 is 14.3 Å². The van der Waals surface area contributed by atoms with Gasteiger partial charge in [0.1, 0.15) is 11.4 Å². The zero-order chi connectivity index (χ0) is 38.5. The Bertz CT molecular complexity index is 2150. The predicted molar refractivity (Wildman–Crippen MR) is 217 cm³/mol. The predicted octanol–water partition coefficient (Wildman–Crippen LogP) is 6.80. The van der Waals surface area contributed by atoms with E-state index in [0.29, 0.717) is 38.6 Å². The van der Waals surface area contributed by atoms with E-state index in [1.54, 1.807) is 12.1 Å². The molecule has 0 aliphatic carbocycles. The van der Waals surface area contributed by atoms with Gasteiger partial charge in [0.2, 0.25) is 0 Å². The maximum absolute atomic E-state index is 14.7. The number of nitrogens with one attached hydrogen (secondary N) is 1. The second-order valence-electron chi connectivity index (χ2n) is 15.2. The van der Waals surface area contributed by atoms with E-state index in [4.69, 9.17) is 15.5 Å². The third-order valence-corrected chi connectivity index (χ3v) is 11.3. The van der Waals surface area contributed by atoms with Crippen LogP contribution in [-0.4, -0.2) is 80.8 Å². The molecular formula is C44H54N8O3. The monoisotopic (exact) mass is 742 g/mol. The van der Waals surface area contributed by atoms with Gasteiger partial charge in [-0.25, -0.2) is 14.6 Å². The molecule has 2 aliphatic heterocycles. The third kappa shape index (κ3) is 8.73. The minimum atomic E-state index is -0.679. The summed E-state index contributed by atoms with van der Waals surface area (Å²) in [7, 11) is 2.21. The number of fused-ring (bicyclic) bond motifs is 1. The number of aromatic nitrogens is 4. The molecule has 2 amide bonds. The number of carbonyl (C=O) groups is 2. The Balaban J connectivity index is 1.27. The molecule has 2 aliphatic rings. The maximum Gasteiger partial charge on any atom is 0.273 e. The molecule has 0 bridgehead atoms. The molecule has 288 valence electrons. The van der Waals surface area contributed by atoms with Gasteiger partial charge in [0.15, 0.2) is 5.65 Å². The summed E-state index contributed by atoms with van der Waals surface area (Å²) >= 11 is 0. The highest BCUT2D eigenvalue weighted by Gasteiger charge is 2.27. The number of aryl methyl sites for hydroxylation is 3. The average Bonchev–Trinajstić information content (AvgIpc) is 3.63. The number of hydrogen-bond donors (Lipinski definition) is 2. The normalized spacial score (nSPS) is 15.7. The van der Waals surface area contributed by atoms with Crippen molar-refractivity contribution in [2.45, 2.75) is 85.0 Å². The molecule has 55 heavy (non-hydrogen) atoms. The van der Waals surface area contributed by atoms with Crippen molar-refractivity contribution >= 4 is 28.5 Å². The minimum absolute atomic E-state index is 0.0507. The second-order valence-corrected chi connectivity index (χ2v) is 15.2. The molecule has 5 heterocycles. The first-order valence-corrected chi connectivity index (χ1v) is 19.9. The number of piperidine rings is 1. The molecule has 0 unspecified atom stereocenters. The van der Waals surface area contributed by atoms with Crippen LogP contribution in [0.25, 0.3) is 22.2 Å². The Morgan fingerprint density at radius 2 is 1.69 bits per heavy atom. The Labute approximate surface area is 324 Å². The van der Waals surface area contributed by atoms with Crippen molar-refractivity contribution in [2.24, 2.45) is 11.7 Å². The van der Waals surface area contributed by atoms with E-state index in [0.717, 1.165) is 71.5 Å². The van der Waals surface area contributed by atoms with Crippen LogP contribution in [0.1, 0.15) is 88.5 Å². The quantitative estimate of drug-likeness (QED) is 0.135. The van der Waals surface area contributed by atoms with E-state index in [9.17, 15) is 9.59 Å². The van der Waals surface area contributed by atoms with Gasteiger partial charge in [-0.3, -0.25) is 9.59 Å². The first-order valence-electron chi connectivity index (χ1n) is 19.9. The SMILES string of the molecule is CCc1nc2c(cnn2CC)c(NC2CCOCC2)c1CN(Cc1ccc(C)c(-c2cccc(CC3CCN(C)CC3)c2)c1)C(=O)c1cccc(C(N)=O)n1. The number of benzene rings is 2. The molecule has 7 rings (SSSR count). The lowest BCUT2D eigenvalue weighted by Gasteiger charge is -2.29. The number of likely N-dealkylation sites (tertiary alicyclic amines) is 1. The lowest BCUT2D eigenvalue weighted by molar-refractivity contribution is 0.0723. The van der Waals surface area contributed by atoms with Crippen molar-refractivity contribution in [1.82, 2.24) is 29.5 Å². The van der Waals surface area contributed by atoms with Crippen LogP contribution in [0, 0.1) is 12.8 Å². The number of rotatable bonds is 13. The first kappa shape index (κ1) is 38.2. The molecule has 2 aromatic carbocycles. The van der Waals surface area contributed by atoms with Crippen molar-refractivity contribution in [1.29, 1.82) is 0 Å². The van der Waals surface area contributed by atoms with E-state index in [-0.39, 0.29) is 29.9 Å². The molecule has 0 radical (unpaired) electrons. The highest BCUT2D eigenvalue weighted by atomic mass is 16.5. The summed E-state index contributed by atoms with van der Waals surface area (Å²) < 4.78 is 7.61. The van der Waals surface area contributed by atoms with Gasteiger partial charge in [-0.2, -0.15) is 5.10 Å². The number of anilines is 1. The molecule has 2 fully saturated rings. The van der Waals surface area contributed by atoms with Gasteiger partial charge in [-0.15, -0.1) is 0 Å². The second kappa shape index (κ2) is 17.1. The molecule has 0 atom stereocenters. The van der Waals surface area contributed by atoms with Crippen molar-refractivity contribution in [3.05, 3.63) is 106 Å². The van der Waals surface area contributed by atoms with Crippen molar-refractivity contribution in [3.8, 4) is 11.1 Å². The Morgan fingerprint density at radius 3 is 2.44 bits per heavy atom. The summed E-state index contributed by atoms with van der Waals surface area (Å²) in [5.41, 5.74) is 15.3. The number of carbonyl (C=O) groups excluding carboxylic acids is 2.